The largest absolute Gasteiger partial charge is 0.480 e. The van der Waals surface area contributed by atoms with Crippen LogP contribution in [0.25, 0.3) is 0 Å². The van der Waals surface area contributed by atoms with Gasteiger partial charge in [0.25, 0.3) is 5.91 Å². The summed E-state index contributed by atoms with van der Waals surface area (Å²) in [4.78, 5) is 24.4. The van der Waals surface area contributed by atoms with Crippen LogP contribution in [0.15, 0.2) is 30.3 Å². The molecule has 0 unspecified atom stereocenters. The fourth-order valence-electron chi connectivity index (χ4n) is 2.09. The van der Waals surface area contributed by atoms with Gasteiger partial charge in [-0.1, -0.05) is 30.3 Å². The Balaban J connectivity index is 2.14. The summed E-state index contributed by atoms with van der Waals surface area (Å²) in [5, 5.41) is 11.9. The highest BCUT2D eigenvalue weighted by Gasteiger charge is 2.23. The lowest BCUT2D eigenvalue weighted by molar-refractivity contribution is -0.139. The predicted octanol–water partition coefficient (Wildman–Crippen LogP) is 2.19. The van der Waals surface area contributed by atoms with Gasteiger partial charge in [0.2, 0.25) is 0 Å². The van der Waals surface area contributed by atoms with E-state index in [1.807, 2.05) is 30.3 Å². The van der Waals surface area contributed by atoms with E-state index in [0.29, 0.717) is 11.3 Å². The smallest absolute Gasteiger partial charge is 0.326 e. The van der Waals surface area contributed by atoms with E-state index in [2.05, 4.69) is 9.69 Å². The molecule has 1 aromatic heterocycles. The number of nitrogens with one attached hydrogen (secondary N) is 1. The molecule has 0 aliphatic carbocycles. The molecule has 1 aromatic carbocycles. The average molecular weight is 304 g/mol. The summed E-state index contributed by atoms with van der Waals surface area (Å²) < 4.78 is 4.11. The van der Waals surface area contributed by atoms with Gasteiger partial charge in [0, 0.05) is 11.3 Å². The fourth-order valence-corrected chi connectivity index (χ4v) is 2.78. The van der Waals surface area contributed by atoms with Gasteiger partial charge in [-0.2, -0.15) is 4.37 Å². The molecule has 21 heavy (non-hydrogen) atoms. The minimum atomic E-state index is -1.05. The number of rotatable bonds is 5. The van der Waals surface area contributed by atoms with Crippen LogP contribution in [0.3, 0.4) is 0 Å². The van der Waals surface area contributed by atoms with Crippen LogP contribution in [0.2, 0.25) is 0 Å². The number of carboxylic acid groups (broad SMARTS) is 1. The van der Waals surface area contributed by atoms with Crippen molar-refractivity contribution >= 4 is 23.4 Å². The van der Waals surface area contributed by atoms with E-state index in [-0.39, 0.29) is 12.3 Å². The van der Waals surface area contributed by atoms with Gasteiger partial charge in [0.1, 0.15) is 6.04 Å². The first kappa shape index (κ1) is 15.2. The molecule has 1 amide bonds. The SMILES string of the molecule is Cc1nsc(C)c1C(=O)N[C@@H](Cc1ccccc1)C(=O)O. The van der Waals surface area contributed by atoms with Gasteiger partial charge < -0.3 is 10.4 Å². The third kappa shape index (κ3) is 3.66. The lowest BCUT2D eigenvalue weighted by atomic mass is 10.1. The van der Waals surface area contributed by atoms with E-state index in [1.165, 1.54) is 11.5 Å². The van der Waals surface area contributed by atoms with Crippen molar-refractivity contribution in [1.29, 1.82) is 0 Å². The third-order valence-corrected chi connectivity index (χ3v) is 3.99. The molecule has 2 N–H and O–H groups in total. The summed E-state index contributed by atoms with van der Waals surface area (Å²) in [5.74, 6) is -1.44. The van der Waals surface area contributed by atoms with Gasteiger partial charge >= 0.3 is 5.97 Å². The molecule has 0 aliphatic heterocycles. The Morgan fingerprint density at radius 1 is 1.29 bits per heavy atom. The maximum Gasteiger partial charge on any atom is 0.326 e. The van der Waals surface area contributed by atoms with Crippen LogP contribution in [0.5, 0.6) is 0 Å². The first-order chi connectivity index (χ1) is 9.99. The maximum atomic E-state index is 12.2. The molecule has 0 bridgehead atoms. The summed E-state index contributed by atoms with van der Waals surface area (Å²) in [5.41, 5.74) is 1.96. The zero-order valence-corrected chi connectivity index (χ0v) is 12.6. The van der Waals surface area contributed by atoms with Crippen molar-refractivity contribution in [2.45, 2.75) is 26.3 Å². The Bertz CT molecular complexity index is 633. The quantitative estimate of drug-likeness (QED) is 0.887. The van der Waals surface area contributed by atoms with E-state index in [0.717, 1.165) is 10.4 Å². The van der Waals surface area contributed by atoms with Crippen LogP contribution in [0.1, 0.15) is 26.5 Å². The van der Waals surface area contributed by atoms with E-state index in [1.54, 1.807) is 13.8 Å². The maximum absolute atomic E-state index is 12.2. The van der Waals surface area contributed by atoms with E-state index in [4.69, 9.17) is 0 Å². The number of aliphatic carboxylic acids is 1. The second-order valence-corrected chi connectivity index (χ2v) is 5.73. The molecule has 0 saturated heterocycles. The Hall–Kier alpha value is -2.21. The van der Waals surface area contributed by atoms with Crippen molar-refractivity contribution in [3.63, 3.8) is 0 Å². The van der Waals surface area contributed by atoms with Crippen LogP contribution in [-0.2, 0) is 11.2 Å². The Labute approximate surface area is 126 Å². The number of aryl methyl sites for hydroxylation is 2. The Kier molecular flexibility index (Phi) is 4.70. The standard InChI is InChI=1S/C15H16N2O3S/c1-9-13(10(2)21-17-9)14(18)16-12(15(19)20)8-11-6-4-3-5-7-11/h3-7,12H,8H2,1-2H3,(H,16,18)(H,19,20)/t12-/m0/s1. The topological polar surface area (TPSA) is 79.3 Å². The van der Waals surface area contributed by atoms with Crippen LogP contribution in [0, 0.1) is 13.8 Å². The summed E-state index contributed by atoms with van der Waals surface area (Å²) >= 11 is 1.24. The highest BCUT2D eigenvalue weighted by molar-refractivity contribution is 7.06. The molecule has 5 nitrogen and oxygen atoms in total. The fraction of sp³-hybridized carbons (Fsp3) is 0.267. The van der Waals surface area contributed by atoms with Gasteiger partial charge in [0.15, 0.2) is 0 Å². The number of carbonyl (C=O) groups is 2. The molecular weight excluding hydrogens is 288 g/mol. The second-order valence-electron chi connectivity index (χ2n) is 4.75. The molecule has 0 spiro atoms. The lowest BCUT2D eigenvalue weighted by Gasteiger charge is -2.14. The van der Waals surface area contributed by atoms with Crippen LogP contribution in [0.4, 0.5) is 0 Å². The highest BCUT2D eigenvalue weighted by atomic mass is 32.1. The summed E-state index contributed by atoms with van der Waals surface area (Å²) in [6, 6.07) is 8.26. The Morgan fingerprint density at radius 3 is 2.48 bits per heavy atom. The first-order valence-corrected chi connectivity index (χ1v) is 7.27. The molecule has 1 heterocycles. The third-order valence-electron chi connectivity index (χ3n) is 3.15. The second kappa shape index (κ2) is 6.49. The lowest BCUT2D eigenvalue weighted by Crippen LogP contribution is -2.42. The van der Waals surface area contributed by atoms with E-state index >= 15 is 0 Å². The van der Waals surface area contributed by atoms with Crippen LogP contribution < -0.4 is 5.32 Å². The van der Waals surface area contributed by atoms with Gasteiger partial charge in [-0.25, -0.2) is 4.79 Å². The summed E-state index contributed by atoms with van der Waals surface area (Å²) in [6.45, 7) is 3.54. The molecule has 2 aromatic rings. The molecule has 110 valence electrons. The summed E-state index contributed by atoms with van der Waals surface area (Å²) in [7, 11) is 0. The normalized spacial score (nSPS) is 11.9. The predicted molar refractivity (Wildman–Crippen MR) is 80.6 cm³/mol. The van der Waals surface area contributed by atoms with Crippen molar-refractivity contribution in [3.05, 3.63) is 52.0 Å². The molecule has 0 aliphatic rings. The molecule has 6 heteroatoms. The van der Waals surface area contributed by atoms with E-state index in [9.17, 15) is 14.7 Å². The van der Waals surface area contributed by atoms with Gasteiger partial charge in [-0.3, -0.25) is 4.79 Å². The molecular formula is C15H16N2O3S. The molecule has 1 atom stereocenters. The minimum Gasteiger partial charge on any atom is -0.480 e. The van der Waals surface area contributed by atoms with Crippen LogP contribution >= 0.6 is 11.5 Å². The number of carbonyl (C=O) groups excluding carboxylic acids is 1. The van der Waals surface area contributed by atoms with Crippen molar-refractivity contribution in [2.24, 2.45) is 0 Å². The van der Waals surface area contributed by atoms with Crippen LogP contribution in [-0.4, -0.2) is 27.4 Å². The zero-order chi connectivity index (χ0) is 15.4. The molecule has 0 saturated carbocycles. The molecule has 0 radical (unpaired) electrons. The number of hydrogen-bond acceptors (Lipinski definition) is 4. The number of amides is 1. The van der Waals surface area contributed by atoms with E-state index < -0.39 is 12.0 Å². The monoisotopic (exact) mass is 304 g/mol. The van der Waals surface area contributed by atoms with Crippen molar-refractivity contribution < 1.29 is 14.7 Å². The molecule has 0 fully saturated rings. The van der Waals surface area contributed by atoms with Crippen molar-refractivity contribution in [3.8, 4) is 0 Å². The first-order valence-electron chi connectivity index (χ1n) is 6.49. The summed E-state index contributed by atoms with van der Waals surface area (Å²) in [6.07, 6.45) is 0.248. The Morgan fingerprint density at radius 2 is 1.95 bits per heavy atom. The number of carboxylic acids is 1. The number of benzene rings is 1. The van der Waals surface area contributed by atoms with Crippen molar-refractivity contribution in [1.82, 2.24) is 9.69 Å². The number of aromatic nitrogens is 1. The zero-order valence-electron chi connectivity index (χ0n) is 11.8. The average Bonchev–Trinajstić information content (AvgIpc) is 2.78. The van der Waals surface area contributed by atoms with Gasteiger partial charge in [-0.05, 0) is 30.9 Å². The number of nitrogens with zero attached hydrogens (tertiary/aromatic N) is 1. The number of hydrogen-bond donors (Lipinski definition) is 2. The highest BCUT2D eigenvalue weighted by Crippen LogP contribution is 2.17. The van der Waals surface area contributed by atoms with Crippen molar-refractivity contribution in [2.75, 3.05) is 0 Å². The van der Waals surface area contributed by atoms with Gasteiger partial charge in [0.05, 0.1) is 11.3 Å². The minimum absolute atomic E-state index is 0.248. The molecule has 2 rings (SSSR count). The van der Waals surface area contributed by atoms with Gasteiger partial charge in [-0.15, -0.1) is 0 Å².